The smallest absolute Gasteiger partial charge is 0.329 e. The second-order valence-electron chi connectivity index (χ2n) is 8.40. The van der Waals surface area contributed by atoms with E-state index in [1.54, 1.807) is 25.7 Å². The lowest BCUT2D eigenvalue weighted by Crippen LogP contribution is -2.59. The van der Waals surface area contributed by atoms with Gasteiger partial charge in [-0.05, 0) is 52.4 Å². The fourth-order valence-corrected chi connectivity index (χ4v) is 4.33. The molecule has 2 N–H and O–H groups in total. The van der Waals surface area contributed by atoms with Crippen LogP contribution in [0.15, 0.2) is 0 Å². The van der Waals surface area contributed by atoms with Gasteiger partial charge in [-0.25, -0.2) is 4.79 Å². The van der Waals surface area contributed by atoms with Gasteiger partial charge in [-0.2, -0.15) is 0 Å². The van der Waals surface area contributed by atoms with Crippen molar-refractivity contribution < 1.29 is 24.2 Å². The second-order valence-corrected chi connectivity index (χ2v) is 8.40. The van der Waals surface area contributed by atoms with E-state index in [4.69, 9.17) is 4.74 Å². The second kappa shape index (κ2) is 8.37. The van der Waals surface area contributed by atoms with Crippen LogP contribution in [0.3, 0.4) is 0 Å². The molecule has 1 atom stereocenters. The van der Waals surface area contributed by atoms with Crippen LogP contribution in [0.2, 0.25) is 0 Å². The lowest BCUT2D eigenvalue weighted by molar-refractivity contribution is -0.161. The molecule has 0 aromatic heterocycles. The summed E-state index contributed by atoms with van der Waals surface area (Å²) in [6.45, 7) is 5.69. The van der Waals surface area contributed by atoms with Gasteiger partial charge in [0, 0.05) is 6.54 Å². The number of hydrogen-bond acceptors (Lipinski definition) is 5. The minimum atomic E-state index is -1.08. The Labute approximate surface area is 155 Å². The SMILES string of the molecule is CC(C)(C)OC(=O)CNCC(=O)N1CCC[C@]1(C(=O)O)C1CCCCC1. The Morgan fingerprint density at radius 3 is 2.35 bits per heavy atom. The van der Waals surface area contributed by atoms with Gasteiger partial charge >= 0.3 is 11.9 Å². The third-order valence-corrected chi connectivity index (χ3v) is 5.34. The molecule has 2 rings (SSSR count). The largest absolute Gasteiger partial charge is 0.479 e. The predicted molar refractivity (Wildman–Crippen MR) is 96.6 cm³/mol. The van der Waals surface area contributed by atoms with Crippen molar-refractivity contribution >= 4 is 17.8 Å². The maximum Gasteiger partial charge on any atom is 0.329 e. The van der Waals surface area contributed by atoms with E-state index in [9.17, 15) is 19.5 Å². The van der Waals surface area contributed by atoms with Crippen molar-refractivity contribution in [2.75, 3.05) is 19.6 Å². The number of nitrogens with zero attached hydrogens (tertiary/aromatic N) is 1. The van der Waals surface area contributed by atoms with Gasteiger partial charge in [0.2, 0.25) is 5.91 Å². The zero-order valence-corrected chi connectivity index (χ0v) is 16.2. The molecule has 0 spiro atoms. The summed E-state index contributed by atoms with van der Waals surface area (Å²) in [4.78, 5) is 38.2. The molecule has 0 aromatic carbocycles. The van der Waals surface area contributed by atoms with E-state index in [2.05, 4.69) is 5.32 Å². The molecule has 1 saturated heterocycles. The normalized spacial score (nSPS) is 24.5. The highest BCUT2D eigenvalue weighted by Crippen LogP contribution is 2.43. The number of nitrogens with one attached hydrogen (secondary N) is 1. The average Bonchev–Trinajstić information content (AvgIpc) is 3.00. The maximum absolute atomic E-state index is 12.7. The first-order valence-corrected chi connectivity index (χ1v) is 9.63. The fraction of sp³-hybridized carbons (Fsp3) is 0.842. The summed E-state index contributed by atoms with van der Waals surface area (Å²) < 4.78 is 5.20. The minimum absolute atomic E-state index is 0.0195. The molecule has 0 bridgehead atoms. The quantitative estimate of drug-likeness (QED) is 0.696. The minimum Gasteiger partial charge on any atom is -0.479 e. The molecule has 1 saturated carbocycles. The number of carboxylic acids is 1. The highest BCUT2D eigenvalue weighted by atomic mass is 16.6. The summed E-state index contributed by atoms with van der Waals surface area (Å²) in [5, 5.41) is 12.8. The summed E-state index contributed by atoms with van der Waals surface area (Å²) in [6, 6.07) is 0. The van der Waals surface area contributed by atoms with E-state index < -0.39 is 23.1 Å². The Morgan fingerprint density at radius 1 is 1.12 bits per heavy atom. The molecule has 26 heavy (non-hydrogen) atoms. The van der Waals surface area contributed by atoms with Crippen molar-refractivity contribution in [1.82, 2.24) is 10.2 Å². The zero-order chi connectivity index (χ0) is 19.4. The van der Waals surface area contributed by atoms with Crippen molar-refractivity contribution in [1.29, 1.82) is 0 Å². The third kappa shape index (κ3) is 4.75. The summed E-state index contributed by atoms with van der Waals surface area (Å²) in [6.07, 6.45) is 6.14. The number of ether oxygens (including phenoxy) is 1. The van der Waals surface area contributed by atoms with E-state index in [-0.39, 0.29) is 24.9 Å². The van der Waals surface area contributed by atoms with Crippen LogP contribution in [0, 0.1) is 5.92 Å². The van der Waals surface area contributed by atoms with Crippen LogP contribution >= 0.6 is 0 Å². The van der Waals surface area contributed by atoms with Crippen molar-refractivity contribution in [3.63, 3.8) is 0 Å². The van der Waals surface area contributed by atoms with Gasteiger partial charge in [-0.15, -0.1) is 0 Å². The number of esters is 1. The maximum atomic E-state index is 12.7. The molecular weight excluding hydrogens is 336 g/mol. The molecular formula is C19H32N2O5. The summed E-state index contributed by atoms with van der Waals surface area (Å²) >= 11 is 0. The van der Waals surface area contributed by atoms with Crippen LogP contribution < -0.4 is 5.32 Å². The molecule has 0 radical (unpaired) electrons. The van der Waals surface area contributed by atoms with E-state index in [0.29, 0.717) is 19.4 Å². The van der Waals surface area contributed by atoms with Gasteiger partial charge in [0.15, 0.2) is 0 Å². The number of rotatable bonds is 6. The number of carbonyl (C=O) groups excluding carboxylic acids is 2. The van der Waals surface area contributed by atoms with Crippen LogP contribution in [0.5, 0.6) is 0 Å². The fourth-order valence-electron chi connectivity index (χ4n) is 4.33. The van der Waals surface area contributed by atoms with Crippen LogP contribution in [0.25, 0.3) is 0 Å². The predicted octanol–water partition coefficient (Wildman–Crippen LogP) is 1.94. The molecule has 7 heteroatoms. The number of hydrogen-bond donors (Lipinski definition) is 2. The van der Waals surface area contributed by atoms with Gasteiger partial charge in [0.25, 0.3) is 0 Å². The van der Waals surface area contributed by atoms with E-state index in [1.807, 2.05) is 0 Å². The zero-order valence-electron chi connectivity index (χ0n) is 16.2. The standard InChI is InChI=1S/C19H32N2O5/c1-18(2,3)26-16(23)13-20-12-15(22)21-11-7-10-19(21,17(24)25)14-8-5-4-6-9-14/h14,20H,4-13H2,1-3H3,(H,24,25)/t19-/m1/s1. The molecule has 2 fully saturated rings. The Kier molecular flexibility index (Phi) is 6.66. The number of carboxylic acid groups (broad SMARTS) is 1. The van der Waals surface area contributed by atoms with Crippen LogP contribution in [-0.4, -0.2) is 58.6 Å². The third-order valence-electron chi connectivity index (χ3n) is 5.34. The molecule has 1 aliphatic heterocycles. The van der Waals surface area contributed by atoms with E-state index in [0.717, 1.165) is 32.1 Å². The molecule has 0 aromatic rings. The van der Waals surface area contributed by atoms with E-state index in [1.165, 1.54) is 0 Å². The topological polar surface area (TPSA) is 95.9 Å². The van der Waals surface area contributed by atoms with Crippen LogP contribution in [-0.2, 0) is 19.1 Å². The first-order valence-electron chi connectivity index (χ1n) is 9.63. The monoisotopic (exact) mass is 368 g/mol. The summed E-state index contributed by atoms with van der Waals surface area (Å²) in [5.41, 5.74) is -1.65. The summed E-state index contributed by atoms with van der Waals surface area (Å²) in [5.74, 6) is -1.55. The Bertz CT molecular complexity index is 537. The van der Waals surface area contributed by atoms with E-state index >= 15 is 0 Å². The van der Waals surface area contributed by atoms with Crippen molar-refractivity contribution in [3.8, 4) is 0 Å². The number of likely N-dealkylation sites (tertiary alicyclic amines) is 1. The van der Waals surface area contributed by atoms with Gasteiger partial charge in [0.1, 0.15) is 11.1 Å². The summed E-state index contributed by atoms with van der Waals surface area (Å²) in [7, 11) is 0. The van der Waals surface area contributed by atoms with Crippen LogP contribution in [0.1, 0.15) is 65.7 Å². The van der Waals surface area contributed by atoms with Crippen molar-refractivity contribution in [3.05, 3.63) is 0 Å². The van der Waals surface area contributed by atoms with Gasteiger partial charge in [-0.1, -0.05) is 19.3 Å². The highest BCUT2D eigenvalue weighted by molar-refractivity contribution is 5.89. The molecule has 2 aliphatic rings. The van der Waals surface area contributed by atoms with Crippen molar-refractivity contribution in [2.45, 2.75) is 76.9 Å². The molecule has 148 valence electrons. The Hall–Kier alpha value is -1.63. The molecule has 1 amide bonds. The number of carbonyl (C=O) groups is 3. The molecule has 1 heterocycles. The van der Waals surface area contributed by atoms with Gasteiger partial charge < -0.3 is 14.7 Å². The van der Waals surface area contributed by atoms with Gasteiger partial charge in [0.05, 0.1) is 13.1 Å². The van der Waals surface area contributed by atoms with Gasteiger partial charge in [-0.3, -0.25) is 14.9 Å². The lowest BCUT2D eigenvalue weighted by Gasteiger charge is -2.42. The first-order chi connectivity index (χ1) is 12.2. The average molecular weight is 368 g/mol. The molecule has 1 aliphatic carbocycles. The lowest BCUT2D eigenvalue weighted by atomic mass is 9.73. The number of amides is 1. The van der Waals surface area contributed by atoms with Crippen molar-refractivity contribution in [2.24, 2.45) is 5.92 Å². The first kappa shape index (κ1) is 20.7. The molecule has 7 nitrogen and oxygen atoms in total. The Balaban J connectivity index is 1.97. The molecule has 0 unspecified atom stereocenters. The number of aliphatic carboxylic acids is 1. The highest BCUT2D eigenvalue weighted by Gasteiger charge is 2.54. The Morgan fingerprint density at radius 2 is 1.77 bits per heavy atom. The van der Waals surface area contributed by atoms with Crippen LogP contribution in [0.4, 0.5) is 0 Å².